The Labute approximate surface area is 186 Å². The van der Waals surface area contributed by atoms with Crippen LogP contribution in [0.25, 0.3) is 11.0 Å². The third kappa shape index (κ3) is 4.28. The van der Waals surface area contributed by atoms with E-state index in [0.29, 0.717) is 16.8 Å². The minimum absolute atomic E-state index is 0.397. The maximum Gasteiger partial charge on any atom is 0.347 e. The van der Waals surface area contributed by atoms with Gasteiger partial charge in [0.15, 0.2) is 0 Å². The van der Waals surface area contributed by atoms with Crippen LogP contribution in [0.15, 0.2) is 79.8 Å². The molecule has 0 aliphatic rings. The van der Waals surface area contributed by atoms with Gasteiger partial charge in [-0.25, -0.2) is 4.79 Å². The smallest absolute Gasteiger partial charge is 0.347 e. The molecule has 0 spiro atoms. The lowest BCUT2D eigenvalue weighted by Gasteiger charge is -2.17. The van der Waals surface area contributed by atoms with Crippen LogP contribution in [-0.4, -0.2) is 12.5 Å². The first-order chi connectivity index (χ1) is 15.0. The maximum atomic E-state index is 12.9. The van der Waals surface area contributed by atoms with E-state index in [1.807, 2.05) is 48.7 Å². The van der Waals surface area contributed by atoms with E-state index in [2.05, 4.69) is 43.2 Å². The second kappa shape index (κ2) is 8.82. The number of fused-ring (bicyclic) bond motifs is 1. The highest BCUT2D eigenvalue weighted by atomic mass is 32.2. The van der Waals surface area contributed by atoms with Crippen LogP contribution in [0.4, 0.5) is 17.1 Å². The highest BCUT2D eigenvalue weighted by molar-refractivity contribution is 7.98. The van der Waals surface area contributed by atoms with Crippen LogP contribution in [0.5, 0.6) is 0 Å². The van der Waals surface area contributed by atoms with Gasteiger partial charge in [-0.3, -0.25) is 4.99 Å². The molecule has 0 saturated heterocycles. The third-order valence-electron chi connectivity index (χ3n) is 5.19. The van der Waals surface area contributed by atoms with Gasteiger partial charge < -0.3 is 9.73 Å². The Morgan fingerprint density at radius 3 is 2.35 bits per heavy atom. The molecule has 0 aliphatic carbocycles. The summed E-state index contributed by atoms with van der Waals surface area (Å²) in [4.78, 5) is 18.6. The summed E-state index contributed by atoms with van der Waals surface area (Å²) in [6.45, 7) is 6.22. The summed E-state index contributed by atoms with van der Waals surface area (Å²) >= 11 is 1.62. The average molecular weight is 429 g/mol. The van der Waals surface area contributed by atoms with Crippen molar-refractivity contribution in [3.8, 4) is 0 Å². The minimum Gasteiger partial charge on any atom is -0.422 e. The monoisotopic (exact) mass is 428 g/mol. The SMILES string of the molecule is CSc1ccccc1N=Cc1c(Nc2c(C)cc(C)cc2C)c2ccccc2oc1=O. The molecule has 4 nitrogen and oxygen atoms in total. The zero-order valence-electron chi connectivity index (χ0n) is 18.0. The quantitative estimate of drug-likeness (QED) is 0.213. The number of thioether (sulfide) groups is 1. The normalized spacial score (nSPS) is 11.4. The number of para-hydroxylation sites is 2. The van der Waals surface area contributed by atoms with E-state index in [-0.39, 0.29) is 0 Å². The van der Waals surface area contributed by atoms with E-state index in [9.17, 15) is 4.79 Å². The predicted octanol–water partition coefficient (Wildman–Crippen LogP) is 6.93. The lowest BCUT2D eigenvalue weighted by molar-refractivity contribution is 0.560. The van der Waals surface area contributed by atoms with E-state index >= 15 is 0 Å². The molecule has 0 amide bonds. The molecule has 0 atom stereocenters. The maximum absolute atomic E-state index is 12.9. The van der Waals surface area contributed by atoms with Crippen LogP contribution >= 0.6 is 11.8 Å². The number of rotatable bonds is 5. The van der Waals surface area contributed by atoms with Gasteiger partial charge in [-0.15, -0.1) is 11.8 Å². The van der Waals surface area contributed by atoms with Crippen LogP contribution in [0.3, 0.4) is 0 Å². The molecule has 31 heavy (non-hydrogen) atoms. The molecule has 0 saturated carbocycles. The van der Waals surface area contributed by atoms with Gasteiger partial charge in [0.2, 0.25) is 0 Å². The highest BCUT2D eigenvalue weighted by Crippen LogP contribution is 2.32. The molecule has 3 aromatic carbocycles. The molecule has 0 unspecified atom stereocenters. The van der Waals surface area contributed by atoms with E-state index in [0.717, 1.165) is 32.8 Å². The Balaban J connectivity index is 1.91. The summed E-state index contributed by atoms with van der Waals surface area (Å²) in [5.41, 5.74) is 6.45. The van der Waals surface area contributed by atoms with Gasteiger partial charge in [0.25, 0.3) is 0 Å². The second-order valence-electron chi connectivity index (χ2n) is 7.50. The molecule has 0 bridgehead atoms. The van der Waals surface area contributed by atoms with Crippen molar-refractivity contribution in [1.82, 2.24) is 0 Å². The fraction of sp³-hybridized carbons (Fsp3) is 0.154. The zero-order valence-corrected chi connectivity index (χ0v) is 18.8. The van der Waals surface area contributed by atoms with E-state index in [4.69, 9.17) is 4.42 Å². The van der Waals surface area contributed by atoms with Gasteiger partial charge in [0.1, 0.15) is 11.1 Å². The second-order valence-corrected chi connectivity index (χ2v) is 8.35. The summed E-state index contributed by atoms with van der Waals surface area (Å²) < 4.78 is 5.60. The average Bonchev–Trinajstić information content (AvgIpc) is 2.75. The molecule has 1 N–H and O–H groups in total. The van der Waals surface area contributed by atoms with Gasteiger partial charge in [-0.05, 0) is 62.4 Å². The Hall–Kier alpha value is -3.31. The Bertz CT molecular complexity index is 1330. The van der Waals surface area contributed by atoms with Crippen molar-refractivity contribution in [3.63, 3.8) is 0 Å². The van der Waals surface area contributed by atoms with E-state index in [1.54, 1.807) is 24.0 Å². The molecule has 156 valence electrons. The van der Waals surface area contributed by atoms with Crippen LogP contribution < -0.4 is 10.9 Å². The molecule has 0 radical (unpaired) electrons. The van der Waals surface area contributed by atoms with E-state index < -0.39 is 5.63 Å². The Morgan fingerprint density at radius 1 is 0.935 bits per heavy atom. The van der Waals surface area contributed by atoms with Crippen molar-refractivity contribution < 1.29 is 4.42 Å². The zero-order chi connectivity index (χ0) is 22.0. The van der Waals surface area contributed by atoms with Gasteiger partial charge in [0, 0.05) is 22.2 Å². The number of hydrogen-bond donors (Lipinski definition) is 1. The predicted molar refractivity (Wildman–Crippen MR) is 132 cm³/mol. The third-order valence-corrected chi connectivity index (χ3v) is 5.98. The van der Waals surface area contributed by atoms with Crippen LogP contribution in [0, 0.1) is 20.8 Å². The molecule has 4 rings (SSSR count). The first-order valence-corrected chi connectivity index (χ1v) is 11.3. The van der Waals surface area contributed by atoms with Crippen LogP contribution in [-0.2, 0) is 0 Å². The van der Waals surface area contributed by atoms with Crippen LogP contribution in [0.1, 0.15) is 22.3 Å². The molecule has 1 aromatic heterocycles. The van der Waals surface area contributed by atoms with Gasteiger partial charge >= 0.3 is 5.63 Å². The number of hydrogen-bond acceptors (Lipinski definition) is 5. The molecular formula is C26H24N2O2S. The molecule has 0 fully saturated rings. The fourth-order valence-electron chi connectivity index (χ4n) is 3.79. The summed E-state index contributed by atoms with van der Waals surface area (Å²) in [6.07, 6.45) is 3.61. The minimum atomic E-state index is -0.422. The Kier molecular flexibility index (Phi) is 5.96. The van der Waals surface area contributed by atoms with Gasteiger partial charge in [-0.2, -0.15) is 0 Å². The number of anilines is 2. The van der Waals surface area contributed by atoms with Crippen molar-refractivity contribution >= 4 is 46.0 Å². The molecule has 0 aliphatic heterocycles. The largest absolute Gasteiger partial charge is 0.422 e. The molecule has 4 aromatic rings. The van der Waals surface area contributed by atoms with Crippen molar-refractivity contribution in [2.75, 3.05) is 11.6 Å². The molecular weight excluding hydrogens is 404 g/mol. The van der Waals surface area contributed by atoms with Crippen molar-refractivity contribution in [2.45, 2.75) is 25.7 Å². The topological polar surface area (TPSA) is 54.6 Å². The van der Waals surface area contributed by atoms with Crippen molar-refractivity contribution in [1.29, 1.82) is 0 Å². The number of nitrogens with one attached hydrogen (secondary N) is 1. The number of benzene rings is 3. The standard InChI is InChI=1S/C26H24N2O2S/c1-16-13-17(2)24(18(3)14-16)28-25-19-9-5-7-11-22(19)30-26(29)20(25)15-27-21-10-6-8-12-23(21)31-4/h5-15,28H,1-4H3. The summed E-state index contributed by atoms with van der Waals surface area (Å²) in [7, 11) is 0. The summed E-state index contributed by atoms with van der Waals surface area (Å²) in [5.74, 6) is 0. The summed E-state index contributed by atoms with van der Waals surface area (Å²) in [6, 6.07) is 19.7. The highest BCUT2D eigenvalue weighted by Gasteiger charge is 2.15. The number of nitrogens with zero attached hydrogens (tertiary/aromatic N) is 1. The number of aryl methyl sites for hydroxylation is 3. The lowest BCUT2D eigenvalue weighted by Crippen LogP contribution is -2.12. The summed E-state index contributed by atoms with van der Waals surface area (Å²) in [5, 5.41) is 4.36. The van der Waals surface area contributed by atoms with Crippen molar-refractivity contribution in [2.24, 2.45) is 4.99 Å². The first-order valence-electron chi connectivity index (χ1n) is 10.1. The Morgan fingerprint density at radius 2 is 1.61 bits per heavy atom. The first kappa shape index (κ1) is 20.9. The van der Waals surface area contributed by atoms with Gasteiger partial charge in [0.05, 0.1) is 11.4 Å². The lowest BCUT2D eigenvalue weighted by atomic mass is 10.0. The molecule has 1 heterocycles. The van der Waals surface area contributed by atoms with Crippen molar-refractivity contribution in [3.05, 3.63) is 93.3 Å². The van der Waals surface area contributed by atoms with Gasteiger partial charge in [-0.1, -0.05) is 42.0 Å². The van der Waals surface area contributed by atoms with E-state index in [1.165, 1.54) is 5.56 Å². The molecule has 5 heteroatoms. The van der Waals surface area contributed by atoms with Crippen LogP contribution in [0.2, 0.25) is 0 Å². The fourth-order valence-corrected chi connectivity index (χ4v) is 4.33. The number of aliphatic imine (C=N–C) groups is 1.